The molecule has 1 amide bonds. The fourth-order valence-electron chi connectivity index (χ4n) is 4.16. The molecule has 6 nitrogen and oxygen atoms in total. The molecule has 0 aliphatic heterocycles. The third-order valence-corrected chi connectivity index (χ3v) is 7.05. The van der Waals surface area contributed by atoms with E-state index in [1.54, 1.807) is 24.3 Å². The first-order valence-corrected chi connectivity index (χ1v) is 13.2. The molecule has 1 aliphatic rings. The molecule has 3 rings (SSSR count). The van der Waals surface area contributed by atoms with E-state index in [0.717, 1.165) is 18.4 Å². The molecule has 0 bridgehead atoms. The van der Waals surface area contributed by atoms with Crippen LogP contribution in [-0.4, -0.2) is 33.7 Å². The Balaban J connectivity index is 1.54. The lowest BCUT2D eigenvalue weighted by atomic mass is 9.89. The lowest BCUT2D eigenvalue weighted by Crippen LogP contribution is -2.32. The number of sulfonamides is 1. The molecule has 0 saturated heterocycles. The molecule has 0 fully saturated rings. The molecular weight excluding hydrogens is 424 g/mol. The highest BCUT2D eigenvalue weighted by atomic mass is 32.2. The van der Waals surface area contributed by atoms with Gasteiger partial charge in [0.1, 0.15) is 5.75 Å². The molecule has 2 aromatic rings. The zero-order chi connectivity index (χ0) is 23.1. The maximum atomic E-state index is 12.5. The molecule has 1 aliphatic carbocycles. The second kappa shape index (κ2) is 10.9. The van der Waals surface area contributed by atoms with Crippen LogP contribution in [0, 0.1) is 0 Å². The number of anilines is 1. The van der Waals surface area contributed by atoms with Crippen LogP contribution in [0.1, 0.15) is 62.3 Å². The van der Waals surface area contributed by atoms with Crippen molar-refractivity contribution in [2.24, 2.45) is 0 Å². The van der Waals surface area contributed by atoms with E-state index >= 15 is 0 Å². The fourth-order valence-corrected chi connectivity index (χ4v) is 5.13. The van der Waals surface area contributed by atoms with Crippen LogP contribution in [0.3, 0.4) is 0 Å². The monoisotopic (exact) mass is 458 g/mol. The molecule has 0 heterocycles. The maximum Gasteiger partial charge on any atom is 0.232 e. The quantitative estimate of drug-likeness (QED) is 0.573. The molecule has 1 N–H and O–H groups in total. The minimum Gasteiger partial charge on any atom is -0.494 e. The zero-order valence-corrected chi connectivity index (χ0v) is 20.1. The smallest absolute Gasteiger partial charge is 0.232 e. The van der Waals surface area contributed by atoms with Gasteiger partial charge in [-0.15, -0.1) is 0 Å². The Kier molecular flexibility index (Phi) is 8.18. The number of nitrogens with one attached hydrogen (secondary N) is 1. The van der Waals surface area contributed by atoms with Crippen molar-refractivity contribution in [3.63, 3.8) is 0 Å². The van der Waals surface area contributed by atoms with Crippen molar-refractivity contribution in [2.75, 3.05) is 23.7 Å². The van der Waals surface area contributed by atoms with Gasteiger partial charge in [0.25, 0.3) is 0 Å². The van der Waals surface area contributed by atoms with Gasteiger partial charge in [0, 0.05) is 13.0 Å². The van der Waals surface area contributed by atoms with Crippen molar-refractivity contribution >= 4 is 21.6 Å². The Morgan fingerprint density at radius 3 is 2.44 bits per heavy atom. The molecule has 1 atom stereocenters. The van der Waals surface area contributed by atoms with Gasteiger partial charge < -0.3 is 10.1 Å². The zero-order valence-electron chi connectivity index (χ0n) is 19.3. The summed E-state index contributed by atoms with van der Waals surface area (Å²) in [5.41, 5.74) is 4.51. The summed E-state index contributed by atoms with van der Waals surface area (Å²) in [4.78, 5) is 12.5. The van der Waals surface area contributed by atoms with Gasteiger partial charge in [0.15, 0.2) is 0 Å². The van der Waals surface area contributed by atoms with E-state index in [4.69, 9.17) is 4.74 Å². The molecule has 32 heavy (non-hydrogen) atoms. The summed E-state index contributed by atoms with van der Waals surface area (Å²) in [5, 5.41) is 3.05. The number of ether oxygens (including phenoxy) is 1. The number of carbonyl (C=O) groups excluding carboxylic acids is 1. The summed E-state index contributed by atoms with van der Waals surface area (Å²) in [6.45, 7) is 4.68. The number of aryl methyl sites for hydroxylation is 2. The largest absolute Gasteiger partial charge is 0.494 e. The number of carbonyl (C=O) groups is 1. The number of hydrogen-bond acceptors (Lipinski definition) is 4. The van der Waals surface area contributed by atoms with Crippen molar-refractivity contribution in [3.8, 4) is 5.75 Å². The highest BCUT2D eigenvalue weighted by molar-refractivity contribution is 7.92. The average molecular weight is 459 g/mol. The predicted molar refractivity (Wildman–Crippen MR) is 129 cm³/mol. The van der Waals surface area contributed by atoms with Gasteiger partial charge in [-0.25, -0.2) is 8.42 Å². The lowest BCUT2D eigenvalue weighted by molar-refractivity contribution is -0.121. The van der Waals surface area contributed by atoms with Gasteiger partial charge in [0.05, 0.1) is 24.6 Å². The van der Waals surface area contributed by atoms with E-state index in [0.29, 0.717) is 24.5 Å². The summed E-state index contributed by atoms with van der Waals surface area (Å²) < 4.78 is 31.3. The Labute approximate surface area is 192 Å². The van der Waals surface area contributed by atoms with Crippen molar-refractivity contribution < 1.29 is 17.9 Å². The van der Waals surface area contributed by atoms with Gasteiger partial charge in [-0.05, 0) is 86.9 Å². The molecule has 0 radical (unpaired) electrons. The summed E-state index contributed by atoms with van der Waals surface area (Å²) in [6, 6.07) is 13.4. The Bertz CT molecular complexity index is 1020. The molecule has 0 unspecified atom stereocenters. The van der Waals surface area contributed by atoms with E-state index in [-0.39, 0.29) is 24.9 Å². The summed E-state index contributed by atoms with van der Waals surface area (Å²) in [6.07, 6.45) is 6.60. The van der Waals surface area contributed by atoms with Crippen molar-refractivity contribution in [2.45, 2.75) is 58.4 Å². The van der Waals surface area contributed by atoms with Crippen LogP contribution in [0.15, 0.2) is 42.5 Å². The van der Waals surface area contributed by atoms with E-state index in [1.165, 1.54) is 34.5 Å². The van der Waals surface area contributed by atoms with Crippen LogP contribution < -0.4 is 14.4 Å². The summed E-state index contributed by atoms with van der Waals surface area (Å²) in [7, 11) is -3.46. The van der Waals surface area contributed by atoms with Crippen LogP contribution in [0.5, 0.6) is 5.75 Å². The van der Waals surface area contributed by atoms with Crippen LogP contribution >= 0.6 is 0 Å². The minimum atomic E-state index is -3.46. The molecule has 0 aromatic heterocycles. The first kappa shape index (κ1) is 24.1. The van der Waals surface area contributed by atoms with Gasteiger partial charge in [-0.3, -0.25) is 9.10 Å². The predicted octanol–water partition coefficient (Wildman–Crippen LogP) is 4.39. The molecule has 2 aromatic carbocycles. The Morgan fingerprint density at radius 2 is 1.78 bits per heavy atom. The maximum absolute atomic E-state index is 12.5. The molecule has 0 saturated carbocycles. The first-order chi connectivity index (χ1) is 15.3. The van der Waals surface area contributed by atoms with Crippen LogP contribution in [0.25, 0.3) is 0 Å². The molecular formula is C25H34N2O4S. The average Bonchev–Trinajstić information content (AvgIpc) is 2.76. The number of hydrogen-bond donors (Lipinski definition) is 1. The molecule has 174 valence electrons. The first-order valence-electron chi connectivity index (χ1n) is 11.4. The van der Waals surface area contributed by atoms with E-state index in [2.05, 4.69) is 23.5 Å². The highest BCUT2D eigenvalue weighted by Crippen LogP contribution is 2.25. The second-order valence-corrected chi connectivity index (χ2v) is 10.3. The van der Waals surface area contributed by atoms with Crippen molar-refractivity contribution in [1.29, 1.82) is 0 Å². The molecule has 0 spiro atoms. The van der Waals surface area contributed by atoms with Crippen LogP contribution in [0.4, 0.5) is 5.69 Å². The summed E-state index contributed by atoms with van der Waals surface area (Å²) >= 11 is 0. The standard InChI is InChI=1S/C25H34N2O4S/c1-4-31-24-15-13-23(14-16-24)27(32(3,29)30)17-7-10-25(28)26-19(2)21-12-11-20-8-5-6-9-22(20)18-21/h11-16,18-19H,4-10,17H2,1-3H3,(H,26,28)/t19-/m0/s1. The highest BCUT2D eigenvalue weighted by Gasteiger charge is 2.19. The molecule has 7 heteroatoms. The number of fused-ring (bicyclic) bond motifs is 1. The third kappa shape index (κ3) is 6.48. The Morgan fingerprint density at radius 1 is 1.09 bits per heavy atom. The van der Waals surface area contributed by atoms with Crippen molar-refractivity contribution in [3.05, 3.63) is 59.2 Å². The second-order valence-electron chi connectivity index (χ2n) is 8.39. The SMILES string of the molecule is CCOc1ccc(N(CCCC(=O)N[C@@H](C)c2ccc3c(c2)CCCC3)S(C)(=O)=O)cc1. The van der Waals surface area contributed by atoms with Gasteiger partial charge in [-0.1, -0.05) is 18.2 Å². The van der Waals surface area contributed by atoms with E-state index in [9.17, 15) is 13.2 Å². The van der Waals surface area contributed by atoms with Crippen LogP contribution in [0.2, 0.25) is 0 Å². The third-order valence-electron chi connectivity index (χ3n) is 5.85. The van der Waals surface area contributed by atoms with E-state index in [1.807, 2.05) is 13.8 Å². The fraction of sp³-hybridized carbons (Fsp3) is 0.480. The number of nitrogens with zero attached hydrogens (tertiary/aromatic N) is 1. The van der Waals surface area contributed by atoms with Crippen LogP contribution in [-0.2, 0) is 27.7 Å². The normalized spacial score (nSPS) is 14.3. The number of rotatable bonds is 10. The van der Waals surface area contributed by atoms with Gasteiger partial charge >= 0.3 is 0 Å². The lowest BCUT2D eigenvalue weighted by Gasteiger charge is -2.23. The van der Waals surface area contributed by atoms with Gasteiger partial charge in [0.2, 0.25) is 15.9 Å². The summed E-state index contributed by atoms with van der Waals surface area (Å²) in [5.74, 6) is 0.621. The van der Waals surface area contributed by atoms with Gasteiger partial charge in [-0.2, -0.15) is 0 Å². The van der Waals surface area contributed by atoms with Crippen molar-refractivity contribution in [1.82, 2.24) is 5.32 Å². The van der Waals surface area contributed by atoms with E-state index < -0.39 is 10.0 Å². The topological polar surface area (TPSA) is 75.7 Å². The minimum absolute atomic E-state index is 0.0737. The number of amides is 1. The number of benzene rings is 2. The Hall–Kier alpha value is -2.54.